The van der Waals surface area contributed by atoms with Crippen molar-refractivity contribution in [2.45, 2.75) is 58.3 Å². The summed E-state index contributed by atoms with van der Waals surface area (Å²) in [4.78, 5) is 12.8. The van der Waals surface area contributed by atoms with Gasteiger partial charge in [-0.2, -0.15) is 0 Å². The smallest absolute Gasteiger partial charge is 0.313 e. The van der Waals surface area contributed by atoms with E-state index in [4.69, 9.17) is 9.47 Å². The van der Waals surface area contributed by atoms with Crippen molar-refractivity contribution in [3.8, 4) is 5.75 Å². The van der Waals surface area contributed by atoms with Crippen molar-refractivity contribution in [2.24, 2.45) is 11.8 Å². The van der Waals surface area contributed by atoms with Crippen LogP contribution in [0.15, 0.2) is 23.8 Å². The van der Waals surface area contributed by atoms with Gasteiger partial charge in [-0.1, -0.05) is 43.4 Å². The van der Waals surface area contributed by atoms with Crippen LogP contribution in [0.5, 0.6) is 5.75 Å². The Morgan fingerprint density at radius 3 is 2.60 bits per heavy atom. The Hall–Kier alpha value is -1.77. The van der Waals surface area contributed by atoms with Gasteiger partial charge in [0.05, 0.1) is 19.6 Å². The maximum Gasteiger partial charge on any atom is 0.313 e. The van der Waals surface area contributed by atoms with Crippen molar-refractivity contribution in [3.63, 3.8) is 0 Å². The molecule has 0 amide bonds. The van der Waals surface area contributed by atoms with E-state index in [0.29, 0.717) is 12.5 Å². The second kappa shape index (κ2) is 8.55. The number of methoxy groups -OCH3 is 1. The van der Waals surface area contributed by atoms with Gasteiger partial charge in [0.25, 0.3) is 0 Å². The summed E-state index contributed by atoms with van der Waals surface area (Å²) in [6.07, 6.45) is 11.5. The van der Waals surface area contributed by atoms with Crippen LogP contribution >= 0.6 is 0 Å². The molecule has 0 radical (unpaired) electrons. The lowest BCUT2D eigenvalue weighted by Gasteiger charge is -2.29. The van der Waals surface area contributed by atoms with Gasteiger partial charge in [-0.25, -0.2) is 0 Å². The van der Waals surface area contributed by atoms with Gasteiger partial charge in [-0.15, -0.1) is 0 Å². The zero-order valence-electron chi connectivity index (χ0n) is 15.6. The minimum Gasteiger partial charge on any atom is -0.497 e. The maximum atomic E-state index is 12.8. The number of benzene rings is 1. The highest BCUT2D eigenvalue weighted by Crippen LogP contribution is 2.39. The molecular formula is C22H30O3. The lowest BCUT2D eigenvalue weighted by atomic mass is 9.76. The first-order chi connectivity index (χ1) is 12.2. The first kappa shape index (κ1) is 18.0. The SMILES string of the molecule is CCOC(=O)C(C1=Cc2cc(OC)ccc2CC1)C1CCCCCC1. The van der Waals surface area contributed by atoms with Crippen LogP contribution in [0.25, 0.3) is 6.08 Å². The molecule has 0 aliphatic heterocycles. The van der Waals surface area contributed by atoms with Gasteiger partial charge in [-0.3, -0.25) is 4.79 Å². The summed E-state index contributed by atoms with van der Waals surface area (Å²) in [7, 11) is 1.70. The standard InChI is InChI=1S/C22H30O3/c1-3-25-22(23)21(17-8-6-4-5-7-9-17)18-11-10-16-12-13-20(24-2)15-19(16)14-18/h12-15,17,21H,3-11H2,1-2H3. The van der Waals surface area contributed by atoms with Crippen LogP contribution < -0.4 is 4.74 Å². The lowest BCUT2D eigenvalue weighted by Crippen LogP contribution is -2.28. The average Bonchev–Trinajstić information content (AvgIpc) is 2.91. The summed E-state index contributed by atoms with van der Waals surface area (Å²) in [6, 6.07) is 6.25. The number of aryl methyl sites for hydroxylation is 1. The molecule has 0 aromatic heterocycles. The fourth-order valence-electron chi connectivity index (χ4n) is 4.38. The largest absolute Gasteiger partial charge is 0.497 e. The molecule has 0 spiro atoms. The summed E-state index contributed by atoms with van der Waals surface area (Å²) < 4.78 is 10.9. The second-order valence-corrected chi connectivity index (χ2v) is 7.27. The third-order valence-corrected chi connectivity index (χ3v) is 5.69. The molecule has 1 atom stereocenters. The van der Waals surface area contributed by atoms with E-state index >= 15 is 0 Å². The van der Waals surface area contributed by atoms with Crippen LogP contribution in [0.3, 0.4) is 0 Å². The lowest BCUT2D eigenvalue weighted by molar-refractivity contribution is -0.148. The summed E-state index contributed by atoms with van der Waals surface area (Å²) in [5.74, 6) is 1.21. The molecule has 0 N–H and O–H groups in total. The van der Waals surface area contributed by atoms with E-state index in [1.807, 2.05) is 13.0 Å². The highest BCUT2D eigenvalue weighted by molar-refractivity contribution is 5.79. The molecule has 0 saturated heterocycles. The Morgan fingerprint density at radius 2 is 1.92 bits per heavy atom. The molecule has 3 rings (SSSR count). The van der Waals surface area contributed by atoms with Crippen LogP contribution in [-0.2, 0) is 16.0 Å². The number of carbonyl (C=O) groups excluding carboxylic acids is 1. The number of fused-ring (bicyclic) bond motifs is 1. The molecule has 0 bridgehead atoms. The fraction of sp³-hybridized carbons (Fsp3) is 0.591. The minimum absolute atomic E-state index is 0.0213. The highest BCUT2D eigenvalue weighted by Gasteiger charge is 2.34. The fourth-order valence-corrected chi connectivity index (χ4v) is 4.38. The molecule has 3 nitrogen and oxygen atoms in total. The van der Waals surface area contributed by atoms with Crippen LogP contribution in [-0.4, -0.2) is 19.7 Å². The third-order valence-electron chi connectivity index (χ3n) is 5.69. The monoisotopic (exact) mass is 342 g/mol. The molecule has 1 aromatic rings. The van der Waals surface area contributed by atoms with Gasteiger partial charge in [0.15, 0.2) is 0 Å². The first-order valence-corrected chi connectivity index (χ1v) is 9.77. The summed E-state index contributed by atoms with van der Waals surface area (Å²) in [6.45, 7) is 2.36. The number of esters is 1. The molecule has 0 heterocycles. The minimum atomic E-state index is -0.0719. The van der Waals surface area contributed by atoms with Gasteiger partial charge in [-0.05, 0) is 61.8 Å². The molecule has 25 heavy (non-hydrogen) atoms. The van der Waals surface area contributed by atoms with E-state index in [1.165, 1.54) is 42.4 Å². The highest BCUT2D eigenvalue weighted by atomic mass is 16.5. The normalized spacial score (nSPS) is 19.4. The van der Waals surface area contributed by atoms with Crippen LogP contribution in [0.2, 0.25) is 0 Å². The van der Waals surface area contributed by atoms with Gasteiger partial charge in [0.1, 0.15) is 5.75 Å². The molecule has 1 saturated carbocycles. The molecule has 1 unspecified atom stereocenters. The molecular weight excluding hydrogens is 312 g/mol. The van der Waals surface area contributed by atoms with Crippen molar-refractivity contribution < 1.29 is 14.3 Å². The van der Waals surface area contributed by atoms with Gasteiger partial charge < -0.3 is 9.47 Å². The Bertz CT molecular complexity index is 624. The molecule has 136 valence electrons. The quantitative estimate of drug-likeness (QED) is 0.547. The maximum absolute atomic E-state index is 12.8. The molecule has 1 fully saturated rings. The number of ether oxygens (including phenoxy) is 2. The Labute approximate surface area is 151 Å². The van der Waals surface area contributed by atoms with Crippen molar-refractivity contribution in [1.82, 2.24) is 0 Å². The van der Waals surface area contributed by atoms with Crippen LogP contribution in [0.4, 0.5) is 0 Å². The molecule has 2 aliphatic carbocycles. The number of hydrogen-bond donors (Lipinski definition) is 0. The van der Waals surface area contributed by atoms with Crippen LogP contribution in [0, 0.1) is 11.8 Å². The van der Waals surface area contributed by atoms with E-state index < -0.39 is 0 Å². The Balaban J connectivity index is 1.91. The summed E-state index contributed by atoms with van der Waals surface area (Å²) in [5, 5.41) is 0. The number of hydrogen-bond acceptors (Lipinski definition) is 3. The Morgan fingerprint density at radius 1 is 1.16 bits per heavy atom. The first-order valence-electron chi connectivity index (χ1n) is 9.77. The average molecular weight is 342 g/mol. The Kier molecular flexibility index (Phi) is 6.17. The number of rotatable bonds is 5. The van der Waals surface area contributed by atoms with Crippen molar-refractivity contribution in [1.29, 1.82) is 0 Å². The number of carbonyl (C=O) groups is 1. The van der Waals surface area contributed by atoms with E-state index in [9.17, 15) is 4.79 Å². The van der Waals surface area contributed by atoms with Crippen molar-refractivity contribution >= 4 is 12.0 Å². The van der Waals surface area contributed by atoms with E-state index in [0.717, 1.165) is 31.4 Å². The van der Waals surface area contributed by atoms with E-state index in [1.54, 1.807) is 7.11 Å². The van der Waals surface area contributed by atoms with Gasteiger partial charge in [0.2, 0.25) is 0 Å². The predicted molar refractivity (Wildman–Crippen MR) is 101 cm³/mol. The zero-order chi connectivity index (χ0) is 17.6. The predicted octanol–water partition coefficient (Wildman–Crippen LogP) is 5.17. The summed E-state index contributed by atoms with van der Waals surface area (Å²) in [5.41, 5.74) is 3.79. The van der Waals surface area contributed by atoms with Gasteiger partial charge >= 0.3 is 5.97 Å². The van der Waals surface area contributed by atoms with E-state index in [-0.39, 0.29) is 11.9 Å². The van der Waals surface area contributed by atoms with Crippen LogP contribution in [0.1, 0.15) is 63.0 Å². The van der Waals surface area contributed by atoms with E-state index in [2.05, 4.69) is 18.2 Å². The third kappa shape index (κ3) is 4.26. The zero-order valence-corrected chi connectivity index (χ0v) is 15.6. The second-order valence-electron chi connectivity index (χ2n) is 7.27. The molecule has 1 aromatic carbocycles. The van der Waals surface area contributed by atoms with Crippen molar-refractivity contribution in [2.75, 3.05) is 13.7 Å². The summed E-state index contributed by atoms with van der Waals surface area (Å²) >= 11 is 0. The topological polar surface area (TPSA) is 35.5 Å². The molecule has 2 aliphatic rings. The molecule has 3 heteroatoms. The van der Waals surface area contributed by atoms with Gasteiger partial charge in [0, 0.05) is 0 Å². The van der Waals surface area contributed by atoms with Crippen molar-refractivity contribution in [3.05, 3.63) is 34.9 Å².